The summed E-state index contributed by atoms with van der Waals surface area (Å²) in [7, 11) is -1.75. The van der Waals surface area contributed by atoms with Gasteiger partial charge in [-0.2, -0.15) is 4.31 Å². The van der Waals surface area contributed by atoms with Gasteiger partial charge in [0.15, 0.2) is 11.5 Å². The van der Waals surface area contributed by atoms with E-state index >= 15 is 0 Å². The van der Waals surface area contributed by atoms with Crippen molar-refractivity contribution in [2.45, 2.75) is 11.0 Å². The first kappa shape index (κ1) is 21.9. The number of rotatable bonds is 5. The number of hydrogen-bond acceptors (Lipinski definition) is 6. The molecule has 1 amide bonds. The van der Waals surface area contributed by atoms with Gasteiger partial charge < -0.3 is 19.7 Å². The van der Waals surface area contributed by atoms with Crippen LogP contribution in [-0.4, -0.2) is 76.0 Å². The van der Waals surface area contributed by atoms with Crippen LogP contribution in [0.25, 0.3) is 0 Å². The van der Waals surface area contributed by atoms with Gasteiger partial charge in [0.2, 0.25) is 10.0 Å². The Hall–Kier alpha value is -2.33. The molecular formula is C21H24ClN3O5S. The first-order chi connectivity index (χ1) is 14.8. The Morgan fingerprint density at radius 1 is 1.13 bits per heavy atom. The number of nitrogens with zero attached hydrogens (tertiary/aromatic N) is 2. The molecule has 1 saturated heterocycles. The number of benzene rings is 2. The smallest absolute Gasteiger partial charge is 0.252 e. The Kier molecular flexibility index (Phi) is 6.38. The third-order valence-electron chi connectivity index (χ3n) is 5.34. The van der Waals surface area contributed by atoms with Gasteiger partial charge >= 0.3 is 0 Å². The van der Waals surface area contributed by atoms with Crippen molar-refractivity contribution >= 4 is 27.5 Å². The Bertz CT molecular complexity index is 1070. The average Bonchev–Trinajstić information content (AvgIpc) is 2.77. The van der Waals surface area contributed by atoms with E-state index in [0.29, 0.717) is 44.3 Å². The highest BCUT2D eigenvalue weighted by Gasteiger charge is 2.29. The van der Waals surface area contributed by atoms with Gasteiger partial charge in [0.25, 0.3) is 5.91 Å². The van der Waals surface area contributed by atoms with E-state index in [1.165, 1.54) is 22.5 Å². The number of sulfonamides is 1. The lowest BCUT2D eigenvalue weighted by atomic mass is 10.2. The van der Waals surface area contributed by atoms with Gasteiger partial charge in [0.1, 0.15) is 12.7 Å². The molecule has 4 rings (SSSR count). The Labute approximate surface area is 186 Å². The van der Waals surface area contributed by atoms with Crippen molar-refractivity contribution in [1.29, 1.82) is 0 Å². The van der Waals surface area contributed by atoms with Crippen molar-refractivity contribution < 1.29 is 22.7 Å². The van der Waals surface area contributed by atoms with Crippen LogP contribution in [0.4, 0.5) is 0 Å². The van der Waals surface area contributed by atoms with Crippen LogP contribution >= 0.6 is 11.6 Å². The zero-order valence-corrected chi connectivity index (χ0v) is 18.7. The maximum Gasteiger partial charge on any atom is 0.252 e. The summed E-state index contributed by atoms with van der Waals surface area (Å²) < 4.78 is 38.9. The number of halogens is 1. The standard InChI is InChI=1S/C21H24ClN3O5S/c1-24-8-10-25(11-9-24)31(27,28)16-6-7-18(22)17(12-16)21(26)23-13-15-14-29-19-4-2-3-5-20(19)30-15/h2-7,12,15H,8-11,13-14H2,1H3,(H,23,26)/t15-/m1/s1. The van der Waals surface area contributed by atoms with E-state index in [9.17, 15) is 13.2 Å². The van der Waals surface area contributed by atoms with E-state index in [0.717, 1.165) is 0 Å². The monoisotopic (exact) mass is 465 g/mol. The number of piperazine rings is 1. The van der Waals surface area contributed by atoms with Crippen molar-refractivity contribution in [1.82, 2.24) is 14.5 Å². The minimum atomic E-state index is -3.70. The normalized spacial score (nSPS) is 19.7. The average molecular weight is 466 g/mol. The van der Waals surface area contributed by atoms with Crippen LogP contribution in [0, 0.1) is 0 Å². The molecule has 166 valence electrons. The first-order valence-corrected chi connectivity index (χ1v) is 11.8. The lowest BCUT2D eigenvalue weighted by molar-refractivity contribution is 0.0789. The van der Waals surface area contributed by atoms with Gasteiger partial charge in [-0.25, -0.2) is 8.42 Å². The Balaban J connectivity index is 1.44. The quantitative estimate of drug-likeness (QED) is 0.725. The second kappa shape index (κ2) is 9.04. The predicted molar refractivity (Wildman–Crippen MR) is 116 cm³/mol. The molecule has 2 heterocycles. The molecule has 0 bridgehead atoms. The number of likely N-dealkylation sites (N-methyl/N-ethyl adjacent to an activating group) is 1. The topological polar surface area (TPSA) is 88.2 Å². The maximum absolute atomic E-state index is 13.0. The van der Waals surface area contributed by atoms with Crippen LogP contribution in [0.3, 0.4) is 0 Å². The summed E-state index contributed by atoms with van der Waals surface area (Å²) in [6.45, 7) is 2.62. The van der Waals surface area contributed by atoms with E-state index in [4.69, 9.17) is 21.1 Å². The van der Waals surface area contributed by atoms with Crippen LogP contribution in [0.15, 0.2) is 47.4 Å². The van der Waals surface area contributed by atoms with Crippen LogP contribution < -0.4 is 14.8 Å². The van der Waals surface area contributed by atoms with E-state index in [1.807, 2.05) is 25.2 Å². The van der Waals surface area contributed by atoms with Gasteiger partial charge in [-0.1, -0.05) is 23.7 Å². The number of para-hydroxylation sites is 2. The maximum atomic E-state index is 13.0. The number of carbonyl (C=O) groups is 1. The third kappa shape index (κ3) is 4.79. The number of hydrogen-bond donors (Lipinski definition) is 1. The molecule has 0 spiro atoms. The van der Waals surface area contributed by atoms with Gasteiger partial charge in [-0.05, 0) is 37.4 Å². The number of nitrogens with one attached hydrogen (secondary N) is 1. The SMILES string of the molecule is CN1CCN(S(=O)(=O)c2ccc(Cl)c(C(=O)NC[C@@H]3COc4ccccc4O3)c2)CC1. The highest BCUT2D eigenvalue weighted by molar-refractivity contribution is 7.89. The van der Waals surface area contributed by atoms with Crippen LogP contribution in [0.5, 0.6) is 11.5 Å². The van der Waals surface area contributed by atoms with Crippen molar-refractivity contribution in [2.75, 3.05) is 46.4 Å². The molecular weight excluding hydrogens is 442 g/mol. The molecule has 0 unspecified atom stereocenters. The third-order valence-corrected chi connectivity index (χ3v) is 7.56. The van der Waals surface area contributed by atoms with E-state index < -0.39 is 15.9 Å². The Morgan fingerprint density at radius 2 is 1.84 bits per heavy atom. The number of ether oxygens (including phenoxy) is 2. The minimum Gasteiger partial charge on any atom is -0.486 e. The molecule has 0 saturated carbocycles. The molecule has 2 aliphatic rings. The lowest BCUT2D eigenvalue weighted by Gasteiger charge is -2.31. The molecule has 31 heavy (non-hydrogen) atoms. The van der Waals surface area contributed by atoms with E-state index in [1.54, 1.807) is 6.07 Å². The molecule has 1 fully saturated rings. The van der Waals surface area contributed by atoms with Gasteiger partial charge in [-0.15, -0.1) is 0 Å². The van der Waals surface area contributed by atoms with Gasteiger partial charge in [-0.3, -0.25) is 4.79 Å². The second-order valence-corrected chi connectivity index (χ2v) is 9.90. The fourth-order valence-corrected chi connectivity index (χ4v) is 5.13. The summed E-state index contributed by atoms with van der Waals surface area (Å²) in [5.74, 6) is 0.809. The largest absolute Gasteiger partial charge is 0.486 e. The highest BCUT2D eigenvalue weighted by Crippen LogP contribution is 2.30. The van der Waals surface area contributed by atoms with Crippen LogP contribution in [0.1, 0.15) is 10.4 Å². The van der Waals surface area contributed by atoms with Crippen LogP contribution in [-0.2, 0) is 10.0 Å². The second-order valence-electron chi connectivity index (χ2n) is 7.56. The van der Waals surface area contributed by atoms with Gasteiger partial charge in [0, 0.05) is 26.2 Å². The first-order valence-electron chi connectivity index (χ1n) is 9.99. The summed E-state index contributed by atoms with van der Waals surface area (Å²) in [5.41, 5.74) is 0.106. The molecule has 1 N–H and O–H groups in total. The molecule has 0 aliphatic carbocycles. The molecule has 2 aromatic rings. The summed E-state index contributed by atoms with van der Waals surface area (Å²) in [5, 5.41) is 2.94. The van der Waals surface area contributed by atoms with Gasteiger partial charge in [0.05, 0.1) is 22.0 Å². The summed E-state index contributed by atoms with van der Waals surface area (Å²) in [6.07, 6.45) is -0.366. The summed E-state index contributed by atoms with van der Waals surface area (Å²) >= 11 is 6.20. The van der Waals surface area contributed by atoms with Crippen molar-refractivity contribution in [3.8, 4) is 11.5 Å². The fourth-order valence-electron chi connectivity index (χ4n) is 3.48. The fraction of sp³-hybridized carbons (Fsp3) is 0.381. The van der Waals surface area contributed by atoms with Crippen molar-refractivity contribution in [2.24, 2.45) is 0 Å². The molecule has 10 heteroatoms. The molecule has 2 aliphatic heterocycles. The number of carbonyl (C=O) groups excluding carboxylic acids is 1. The van der Waals surface area contributed by atoms with E-state index in [2.05, 4.69) is 10.2 Å². The Morgan fingerprint density at radius 3 is 2.58 bits per heavy atom. The van der Waals surface area contributed by atoms with Crippen LogP contribution in [0.2, 0.25) is 5.02 Å². The summed E-state index contributed by atoms with van der Waals surface area (Å²) in [4.78, 5) is 14.9. The number of amides is 1. The molecule has 0 aromatic heterocycles. The zero-order chi connectivity index (χ0) is 22.0. The highest BCUT2D eigenvalue weighted by atomic mass is 35.5. The lowest BCUT2D eigenvalue weighted by Crippen LogP contribution is -2.47. The minimum absolute atomic E-state index is 0.0535. The van der Waals surface area contributed by atoms with E-state index in [-0.39, 0.29) is 28.1 Å². The zero-order valence-electron chi connectivity index (χ0n) is 17.1. The molecule has 1 atom stereocenters. The number of fused-ring (bicyclic) bond motifs is 1. The van der Waals surface area contributed by atoms with Crippen molar-refractivity contribution in [3.05, 3.63) is 53.1 Å². The predicted octanol–water partition coefficient (Wildman–Crippen LogP) is 1.85. The summed E-state index contributed by atoms with van der Waals surface area (Å²) in [6, 6.07) is 11.5. The van der Waals surface area contributed by atoms with Crippen molar-refractivity contribution in [3.63, 3.8) is 0 Å². The molecule has 2 aromatic carbocycles. The molecule has 8 nitrogen and oxygen atoms in total. The molecule has 0 radical (unpaired) electrons.